The Bertz CT molecular complexity index is 985. The third kappa shape index (κ3) is 3.57. The minimum Gasteiger partial charge on any atom is -0.327 e. The molecule has 2 aromatic heterocycles. The zero-order valence-corrected chi connectivity index (χ0v) is 16.1. The van der Waals surface area contributed by atoms with Gasteiger partial charge in [0, 0.05) is 23.4 Å². The molecule has 1 atom stereocenters. The molecule has 0 aliphatic carbocycles. The molecule has 3 heterocycles. The fraction of sp³-hybridized carbons (Fsp3) is 0.263. The lowest BCUT2D eigenvalue weighted by Crippen LogP contribution is -2.44. The number of amides is 2. The van der Waals surface area contributed by atoms with Crippen LogP contribution < -0.4 is 5.32 Å². The highest BCUT2D eigenvalue weighted by Crippen LogP contribution is 2.31. The lowest BCUT2D eigenvalue weighted by atomic mass is 9.95. The van der Waals surface area contributed by atoms with Crippen LogP contribution in [0.1, 0.15) is 30.9 Å². The largest absolute Gasteiger partial charge is 0.327 e. The Balaban J connectivity index is 1.54. The number of carbonyl (C=O) groups excluding carboxylic acids is 2. The molecule has 1 unspecified atom stereocenters. The van der Waals surface area contributed by atoms with Crippen LogP contribution in [-0.4, -0.2) is 37.9 Å². The van der Waals surface area contributed by atoms with Crippen LogP contribution in [0.4, 0.5) is 5.69 Å². The van der Waals surface area contributed by atoms with Crippen molar-refractivity contribution in [3.05, 3.63) is 59.0 Å². The molecule has 1 aliphatic rings. The van der Waals surface area contributed by atoms with E-state index in [0.717, 1.165) is 29.3 Å². The van der Waals surface area contributed by atoms with E-state index in [-0.39, 0.29) is 6.04 Å². The quantitative estimate of drug-likeness (QED) is 0.636. The molecule has 0 bridgehead atoms. The summed E-state index contributed by atoms with van der Waals surface area (Å²) in [7, 11) is 0. The van der Waals surface area contributed by atoms with Gasteiger partial charge in [-0.15, -0.1) is 0 Å². The number of benzene rings is 1. The van der Waals surface area contributed by atoms with Gasteiger partial charge in [0.2, 0.25) is 0 Å². The predicted octanol–water partition coefficient (Wildman–Crippen LogP) is 3.18. The van der Waals surface area contributed by atoms with E-state index >= 15 is 0 Å². The van der Waals surface area contributed by atoms with Crippen molar-refractivity contribution in [2.75, 3.05) is 11.9 Å². The van der Waals surface area contributed by atoms with Gasteiger partial charge in [0.05, 0.1) is 12.2 Å². The standard InChI is InChI=1S/C19H18BrN5O2/c20-14-7-5-13(6-8-14)16-4-1-2-10-24(16)19(27)18(26)23-15-12-22-25-11-3-9-21-17(15)25/h3,5-9,11-12,16H,1-2,4,10H2,(H,23,26). The summed E-state index contributed by atoms with van der Waals surface area (Å²) in [6.45, 7) is 0.569. The number of nitrogens with one attached hydrogen (secondary N) is 1. The molecule has 27 heavy (non-hydrogen) atoms. The Morgan fingerprint density at radius 2 is 2.00 bits per heavy atom. The van der Waals surface area contributed by atoms with Gasteiger partial charge in [-0.25, -0.2) is 9.50 Å². The Hall–Kier alpha value is -2.74. The molecule has 7 nitrogen and oxygen atoms in total. The zero-order valence-electron chi connectivity index (χ0n) is 14.5. The summed E-state index contributed by atoms with van der Waals surface area (Å²) in [4.78, 5) is 31.3. The normalized spacial score (nSPS) is 17.1. The molecule has 4 rings (SSSR count). The lowest BCUT2D eigenvalue weighted by molar-refractivity contribution is -0.145. The maximum Gasteiger partial charge on any atom is 0.314 e. The second-order valence-electron chi connectivity index (χ2n) is 6.46. The second kappa shape index (κ2) is 7.48. The van der Waals surface area contributed by atoms with Crippen LogP contribution in [-0.2, 0) is 9.59 Å². The molecular formula is C19H18BrN5O2. The summed E-state index contributed by atoms with van der Waals surface area (Å²) in [6.07, 6.45) is 7.61. The van der Waals surface area contributed by atoms with Crippen LogP contribution in [0.15, 0.2) is 53.4 Å². The molecule has 1 aliphatic heterocycles. The summed E-state index contributed by atoms with van der Waals surface area (Å²) in [5.74, 6) is -1.20. The van der Waals surface area contributed by atoms with Gasteiger partial charge in [0.15, 0.2) is 5.65 Å². The first-order valence-electron chi connectivity index (χ1n) is 8.79. The molecule has 1 fully saturated rings. The van der Waals surface area contributed by atoms with E-state index in [1.54, 1.807) is 27.9 Å². The van der Waals surface area contributed by atoms with Crippen molar-refractivity contribution in [3.8, 4) is 0 Å². The molecular weight excluding hydrogens is 410 g/mol. The molecule has 2 amide bonds. The average Bonchev–Trinajstić information content (AvgIpc) is 3.11. The highest BCUT2D eigenvalue weighted by atomic mass is 79.9. The number of hydrogen-bond acceptors (Lipinski definition) is 4. The van der Waals surface area contributed by atoms with Crippen molar-refractivity contribution in [2.24, 2.45) is 0 Å². The first kappa shape index (κ1) is 17.7. The molecule has 0 radical (unpaired) electrons. The Labute approximate surface area is 164 Å². The van der Waals surface area contributed by atoms with Gasteiger partial charge >= 0.3 is 11.8 Å². The number of halogens is 1. The summed E-state index contributed by atoms with van der Waals surface area (Å²) in [5, 5.41) is 6.78. The summed E-state index contributed by atoms with van der Waals surface area (Å²) >= 11 is 3.43. The van der Waals surface area contributed by atoms with Crippen molar-refractivity contribution < 1.29 is 9.59 Å². The molecule has 3 aromatic rings. The van der Waals surface area contributed by atoms with Crippen LogP contribution in [0.3, 0.4) is 0 Å². The minimum atomic E-state index is -0.667. The van der Waals surface area contributed by atoms with E-state index in [9.17, 15) is 9.59 Å². The van der Waals surface area contributed by atoms with Gasteiger partial charge in [-0.05, 0) is 43.0 Å². The first-order valence-corrected chi connectivity index (χ1v) is 9.58. The van der Waals surface area contributed by atoms with E-state index in [4.69, 9.17) is 0 Å². The predicted molar refractivity (Wildman–Crippen MR) is 104 cm³/mol. The number of rotatable bonds is 2. The number of fused-ring (bicyclic) bond motifs is 1. The number of hydrogen-bond donors (Lipinski definition) is 1. The van der Waals surface area contributed by atoms with Crippen molar-refractivity contribution in [2.45, 2.75) is 25.3 Å². The van der Waals surface area contributed by atoms with Crippen LogP contribution in [0, 0.1) is 0 Å². The van der Waals surface area contributed by atoms with Crippen molar-refractivity contribution >= 4 is 39.1 Å². The maximum absolute atomic E-state index is 12.9. The van der Waals surface area contributed by atoms with Gasteiger partial charge in [-0.2, -0.15) is 5.10 Å². The molecule has 1 aromatic carbocycles. The monoisotopic (exact) mass is 427 g/mol. The van der Waals surface area contributed by atoms with Crippen LogP contribution in [0.5, 0.6) is 0 Å². The Morgan fingerprint density at radius 3 is 2.81 bits per heavy atom. The molecule has 0 spiro atoms. The van der Waals surface area contributed by atoms with E-state index in [1.807, 2.05) is 24.3 Å². The molecule has 1 saturated heterocycles. The number of nitrogens with zero attached hydrogens (tertiary/aromatic N) is 4. The maximum atomic E-state index is 12.9. The highest BCUT2D eigenvalue weighted by molar-refractivity contribution is 9.10. The fourth-order valence-electron chi connectivity index (χ4n) is 3.43. The van der Waals surface area contributed by atoms with Crippen molar-refractivity contribution in [1.82, 2.24) is 19.5 Å². The van der Waals surface area contributed by atoms with E-state index in [2.05, 4.69) is 31.3 Å². The molecule has 8 heteroatoms. The summed E-state index contributed by atoms with van der Waals surface area (Å²) in [6, 6.07) is 9.55. The Kier molecular flexibility index (Phi) is 4.89. The highest BCUT2D eigenvalue weighted by Gasteiger charge is 2.32. The number of likely N-dealkylation sites (tertiary alicyclic amines) is 1. The molecule has 0 saturated carbocycles. The van der Waals surface area contributed by atoms with Crippen LogP contribution in [0.25, 0.3) is 5.65 Å². The third-order valence-corrected chi connectivity index (χ3v) is 5.27. The van der Waals surface area contributed by atoms with Gasteiger partial charge in [0.25, 0.3) is 0 Å². The third-order valence-electron chi connectivity index (χ3n) is 4.74. The Morgan fingerprint density at radius 1 is 1.19 bits per heavy atom. The SMILES string of the molecule is O=C(Nc1cnn2cccnc12)C(=O)N1CCCCC1c1ccc(Br)cc1. The van der Waals surface area contributed by atoms with E-state index in [0.29, 0.717) is 17.9 Å². The number of piperidine rings is 1. The van der Waals surface area contributed by atoms with Crippen molar-refractivity contribution in [3.63, 3.8) is 0 Å². The van der Waals surface area contributed by atoms with Crippen molar-refractivity contribution in [1.29, 1.82) is 0 Å². The van der Waals surface area contributed by atoms with Crippen LogP contribution in [0.2, 0.25) is 0 Å². The smallest absolute Gasteiger partial charge is 0.314 e. The summed E-state index contributed by atoms with van der Waals surface area (Å²) in [5.41, 5.74) is 1.96. The first-order chi connectivity index (χ1) is 13.1. The minimum absolute atomic E-state index is 0.0906. The number of anilines is 1. The van der Waals surface area contributed by atoms with Gasteiger partial charge in [-0.3, -0.25) is 9.59 Å². The summed E-state index contributed by atoms with van der Waals surface area (Å²) < 4.78 is 2.53. The topological polar surface area (TPSA) is 79.6 Å². The number of carbonyl (C=O) groups is 2. The van der Waals surface area contributed by atoms with Crippen LogP contribution >= 0.6 is 15.9 Å². The molecule has 138 valence electrons. The fourth-order valence-corrected chi connectivity index (χ4v) is 3.69. The number of aromatic nitrogens is 3. The average molecular weight is 428 g/mol. The zero-order chi connectivity index (χ0) is 18.8. The van der Waals surface area contributed by atoms with E-state index < -0.39 is 11.8 Å². The van der Waals surface area contributed by atoms with Gasteiger partial charge < -0.3 is 10.2 Å². The van der Waals surface area contributed by atoms with E-state index in [1.165, 1.54) is 6.20 Å². The lowest BCUT2D eigenvalue weighted by Gasteiger charge is -2.35. The molecule has 1 N–H and O–H groups in total. The van der Waals surface area contributed by atoms with Gasteiger partial charge in [0.1, 0.15) is 5.69 Å². The second-order valence-corrected chi connectivity index (χ2v) is 7.38. The van der Waals surface area contributed by atoms with Gasteiger partial charge in [-0.1, -0.05) is 28.1 Å².